The van der Waals surface area contributed by atoms with Crippen molar-refractivity contribution < 1.29 is 4.92 Å². The predicted molar refractivity (Wildman–Crippen MR) is 85.1 cm³/mol. The van der Waals surface area contributed by atoms with Crippen LogP contribution in [-0.4, -0.2) is 25.2 Å². The van der Waals surface area contributed by atoms with E-state index in [9.17, 15) is 10.1 Å². The van der Waals surface area contributed by atoms with Crippen LogP contribution < -0.4 is 10.3 Å². The summed E-state index contributed by atoms with van der Waals surface area (Å²) < 4.78 is 0. The summed E-state index contributed by atoms with van der Waals surface area (Å²) in [6.07, 6.45) is 1.58. The van der Waals surface area contributed by atoms with Crippen molar-refractivity contribution in [3.63, 3.8) is 0 Å². The first-order valence-electron chi connectivity index (χ1n) is 6.38. The summed E-state index contributed by atoms with van der Waals surface area (Å²) in [6.45, 7) is 0. The van der Waals surface area contributed by atoms with E-state index < -0.39 is 4.92 Å². The van der Waals surface area contributed by atoms with Crippen molar-refractivity contribution in [2.45, 2.75) is 0 Å². The number of nitro groups is 1. The van der Waals surface area contributed by atoms with E-state index in [0.717, 1.165) is 11.4 Å². The summed E-state index contributed by atoms with van der Waals surface area (Å²) in [5.41, 5.74) is 5.32. The molecule has 6 nitrogen and oxygen atoms in total. The van der Waals surface area contributed by atoms with Gasteiger partial charge in [-0.15, -0.1) is 0 Å². The highest BCUT2D eigenvalue weighted by Gasteiger charge is 2.10. The molecule has 0 saturated heterocycles. The molecule has 0 heterocycles. The van der Waals surface area contributed by atoms with Gasteiger partial charge in [0, 0.05) is 37.5 Å². The average molecular weight is 284 g/mol. The number of para-hydroxylation sites is 1. The van der Waals surface area contributed by atoms with Crippen LogP contribution in [0.4, 0.5) is 17.1 Å². The first kappa shape index (κ1) is 14.5. The molecule has 108 valence electrons. The Kier molecular flexibility index (Phi) is 4.50. The van der Waals surface area contributed by atoms with Gasteiger partial charge in [0.2, 0.25) is 0 Å². The largest absolute Gasteiger partial charge is 0.377 e. The van der Waals surface area contributed by atoms with Gasteiger partial charge in [0.15, 0.2) is 0 Å². The van der Waals surface area contributed by atoms with Crippen LogP contribution in [0.15, 0.2) is 53.6 Å². The Bertz CT molecular complexity index is 654. The number of non-ortho nitro benzene ring substituents is 1. The number of benzene rings is 2. The maximum absolute atomic E-state index is 10.9. The molecule has 6 heteroatoms. The maximum atomic E-state index is 10.9. The summed E-state index contributed by atoms with van der Waals surface area (Å²) in [5, 5.41) is 15.0. The number of anilines is 2. The second kappa shape index (κ2) is 6.51. The highest BCUT2D eigenvalue weighted by atomic mass is 16.6. The smallest absolute Gasteiger partial charge is 0.270 e. The third-order valence-electron chi connectivity index (χ3n) is 2.87. The number of nitrogens with zero attached hydrogens (tertiary/aromatic N) is 3. The fraction of sp³-hybridized carbons (Fsp3) is 0.133. The summed E-state index contributed by atoms with van der Waals surface area (Å²) in [7, 11) is 3.76. The second-order valence-electron chi connectivity index (χ2n) is 4.63. The van der Waals surface area contributed by atoms with Gasteiger partial charge in [-0.05, 0) is 18.2 Å². The van der Waals surface area contributed by atoms with Crippen molar-refractivity contribution in [1.82, 2.24) is 0 Å². The average Bonchev–Trinajstić information content (AvgIpc) is 2.48. The molecular formula is C15H16N4O2. The number of nitro benzene ring substituents is 1. The molecule has 2 aromatic rings. The summed E-state index contributed by atoms with van der Waals surface area (Å²) in [5.74, 6) is 0. The van der Waals surface area contributed by atoms with Crippen LogP contribution in [0, 0.1) is 10.1 Å². The van der Waals surface area contributed by atoms with Gasteiger partial charge in [-0.2, -0.15) is 5.10 Å². The van der Waals surface area contributed by atoms with Crippen LogP contribution in [-0.2, 0) is 0 Å². The maximum Gasteiger partial charge on any atom is 0.270 e. The molecule has 0 aromatic heterocycles. The van der Waals surface area contributed by atoms with Crippen LogP contribution in [0.25, 0.3) is 0 Å². The predicted octanol–water partition coefficient (Wildman–Crippen LogP) is 3.11. The van der Waals surface area contributed by atoms with Gasteiger partial charge in [0.25, 0.3) is 5.69 Å². The van der Waals surface area contributed by atoms with Gasteiger partial charge in [-0.25, -0.2) is 0 Å². The quantitative estimate of drug-likeness (QED) is 0.520. The lowest BCUT2D eigenvalue weighted by molar-refractivity contribution is -0.384. The monoisotopic (exact) mass is 284 g/mol. The molecule has 1 N–H and O–H groups in total. The van der Waals surface area contributed by atoms with E-state index in [0.29, 0.717) is 5.56 Å². The molecule has 0 aliphatic rings. The van der Waals surface area contributed by atoms with Crippen molar-refractivity contribution in [2.75, 3.05) is 24.4 Å². The lowest BCUT2D eigenvalue weighted by atomic mass is 10.1. The summed E-state index contributed by atoms with van der Waals surface area (Å²) in [6, 6.07) is 14.2. The molecule has 0 saturated carbocycles. The van der Waals surface area contributed by atoms with Crippen LogP contribution in [0.5, 0.6) is 0 Å². The Morgan fingerprint density at radius 1 is 1.19 bits per heavy atom. The number of hydrogen-bond acceptors (Lipinski definition) is 5. The normalized spacial score (nSPS) is 10.6. The van der Waals surface area contributed by atoms with Gasteiger partial charge < -0.3 is 4.90 Å². The van der Waals surface area contributed by atoms with Gasteiger partial charge in [-0.3, -0.25) is 15.5 Å². The Morgan fingerprint density at radius 2 is 1.90 bits per heavy atom. The van der Waals surface area contributed by atoms with E-state index in [-0.39, 0.29) is 5.69 Å². The Morgan fingerprint density at radius 3 is 2.52 bits per heavy atom. The lowest BCUT2D eigenvalue weighted by Crippen LogP contribution is -2.11. The van der Waals surface area contributed by atoms with E-state index >= 15 is 0 Å². The topological polar surface area (TPSA) is 70.8 Å². The molecule has 0 fully saturated rings. The van der Waals surface area contributed by atoms with Crippen molar-refractivity contribution in [3.05, 3.63) is 64.2 Å². The fourth-order valence-corrected chi connectivity index (χ4v) is 1.86. The third kappa shape index (κ3) is 3.79. The SMILES string of the molecule is CN(C)c1ccc([N+](=O)[O-])cc1C=NNc1ccccc1. The zero-order valence-electron chi connectivity index (χ0n) is 11.9. The van der Waals surface area contributed by atoms with Gasteiger partial charge in [0.1, 0.15) is 0 Å². The van der Waals surface area contributed by atoms with Crippen LogP contribution in [0.1, 0.15) is 5.56 Å². The van der Waals surface area contributed by atoms with Crippen molar-refractivity contribution in [3.8, 4) is 0 Å². The molecule has 0 bridgehead atoms. The molecule has 0 aliphatic heterocycles. The Hall–Kier alpha value is -2.89. The molecular weight excluding hydrogens is 268 g/mol. The molecule has 21 heavy (non-hydrogen) atoms. The number of rotatable bonds is 5. The van der Waals surface area contributed by atoms with Crippen molar-refractivity contribution >= 4 is 23.3 Å². The fourth-order valence-electron chi connectivity index (χ4n) is 1.86. The van der Waals surface area contributed by atoms with Crippen LogP contribution in [0.3, 0.4) is 0 Å². The zero-order valence-corrected chi connectivity index (χ0v) is 11.9. The van der Waals surface area contributed by atoms with Crippen molar-refractivity contribution in [2.24, 2.45) is 5.10 Å². The highest BCUT2D eigenvalue weighted by molar-refractivity contribution is 5.89. The minimum absolute atomic E-state index is 0.0433. The lowest BCUT2D eigenvalue weighted by Gasteiger charge is -2.14. The van der Waals surface area contributed by atoms with Crippen LogP contribution >= 0.6 is 0 Å². The summed E-state index contributed by atoms with van der Waals surface area (Å²) >= 11 is 0. The van der Waals surface area contributed by atoms with Gasteiger partial charge >= 0.3 is 0 Å². The molecule has 0 radical (unpaired) electrons. The number of hydrogen-bond donors (Lipinski definition) is 1. The second-order valence-corrected chi connectivity index (χ2v) is 4.63. The van der Waals surface area contributed by atoms with E-state index in [1.165, 1.54) is 12.1 Å². The third-order valence-corrected chi connectivity index (χ3v) is 2.87. The Balaban J connectivity index is 2.24. The first-order chi connectivity index (χ1) is 10.1. The van der Waals surface area contributed by atoms with Crippen molar-refractivity contribution in [1.29, 1.82) is 0 Å². The molecule has 0 amide bonds. The molecule has 2 aromatic carbocycles. The highest BCUT2D eigenvalue weighted by Crippen LogP contribution is 2.22. The Labute approximate surface area is 122 Å². The molecule has 0 atom stereocenters. The van der Waals surface area contributed by atoms with Gasteiger partial charge in [0.05, 0.1) is 16.8 Å². The standard InChI is InChI=1S/C15H16N4O2/c1-18(2)15-9-8-14(19(20)21)10-12(15)11-16-17-13-6-4-3-5-7-13/h3-11,17H,1-2H3. The van der Waals surface area contributed by atoms with Crippen LogP contribution in [0.2, 0.25) is 0 Å². The number of hydrazone groups is 1. The molecule has 0 unspecified atom stereocenters. The van der Waals surface area contributed by atoms with E-state index in [2.05, 4.69) is 10.5 Å². The zero-order chi connectivity index (χ0) is 15.2. The van der Waals surface area contributed by atoms with E-state index in [1.54, 1.807) is 12.3 Å². The number of nitrogens with one attached hydrogen (secondary N) is 1. The molecule has 0 spiro atoms. The van der Waals surface area contributed by atoms with E-state index in [4.69, 9.17) is 0 Å². The molecule has 0 aliphatic carbocycles. The first-order valence-corrected chi connectivity index (χ1v) is 6.38. The minimum atomic E-state index is -0.415. The van der Waals surface area contributed by atoms with E-state index in [1.807, 2.05) is 49.3 Å². The summed E-state index contributed by atoms with van der Waals surface area (Å²) in [4.78, 5) is 12.3. The molecule has 2 rings (SSSR count). The minimum Gasteiger partial charge on any atom is -0.377 e. The van der Waals surface area contributed by atoms with Gasteiger partial charge in [-0.1, -0.05) is 18.2 Å².